The second-order valence-corrected chi connectivity index (χ2v) is 9.29. The van der Waals surface area contributed by atoms with Crippen LogP contribution in [0.25, 0.3) is 10.9 Å². The Kier molecular flexibility index (Phi) is 4.39. The van der Waals surface area contributed by atoms with Crippen LogP contribution in [0.3, 0.4) is 0 Å². The first-order chi connectivity index (χ1) is 15.6. The first kappa shape index (κ1) is 19.2. The van der Waals surface area contributed by atoms with E-state index in [0.717, 1.165) is 40.9 Å². The monoisotopic (exact) mass is 423 g/mol. The molecule has 2 fully saturated rings. The smallest absolute Gasteiger partial charge is 0.254 e. The van der Waals surface area contributed by atoms with Crippen LogP contribution in [0, 0.1) is 30.6 Å². The molecule has 5 nitrogen and oxygen atoms in total. The van der Waals surface area contributed by atoms with E-state index in [-0.39, 0.29) is 35.5 Å². The van der Waals surface area contributed by atoms with Crippen molar-refractivity contribution in [2.75, 3.05) is 0 Å². The van der Waals surface area contributed by atoms with E-state index in [2.05, 4.69) is 71.3 Å². The fourth-order valence-corrected chi connectivity index (χ4v) is 5.69. The van der Waals surface area contributed by atoms with Crippen LogP contribution in [0.15, 0.2) is 72.0 Å². The summed E-state index contributed by atoms with van der Waals surface area (Å²) in [4.78, 5) is 26.1. The zero-order valence-corrected chi connectivity index (χ0v) is 18.0. The number of hydrogen-bond acceptors (Lipinski definition) is 3. The first-order valence-electron chi connectivity index (χ1n) is 11.3. The van der Waals surface area contributed by atoms with Crippen LogP contribution >= 0.6 is 0 Å². The molecule has 1 saturated heterocycles. The highest BCUT2D eigenvalue weighted by Gasteiger charge is 2.56. The molecule has 2 amide bonds. The van der Waals surface area contributed by atoms with Crippen molar-refractivity contribution >= 4 is 28.9 Å². The van der Waals surface area contributed by atoms with Crippen LogP contribution in [0.4, 0.5) is 0 Å². The van der Waals surface area contributed by atoms with Crippen LogP contribution in [0.1, 0.15) is 29.5 Å². The minimum Gasteiger partial charge on any atom is -0.342 e. The molecule has 3 aliphatic carbocycles. The summed E-state index contributed by atoms with van der Waals surface area (Å²) in [6, 6.07) is 16.7. The normalized spacial score (nSPS) is 26.6. The molecular weight excluding hydrogens is 398 g/mol. The van der Waals surface area contributed by atoms with Gasteiger partial charge in [0.25, 0.3) is 11.8 Å². The third-order valence-corrected chi connectivity index (χ3v) is 7.34. The van der Waals surface area contributed by atoms with Crippen LogP contribution in [-0.2, 0) is 16.1 Å². The Balaban J connectivity index is 1.32. The van der Waals surface area contributed by atoms with E-state index in [1.54, 1.807) is 6.21 Å². The van der Waals surface area contributed by atoms with Crippen LogP contribution in [-0.4, -0.2) is 27.6 Å². The minimum absolute atomic E-state index is 0.140. The van der Waals surface area contributed by atoms with Gasteiger partial charge in [0.1, 0.15) is 0 Å². The molecule has 0 N–H and O–H groups in total. The van der Waals surface area contributed by atoms with Gasteiger partial charge in [-0.15, -0.1) is 0 Å². The van der Waals surface area contributed by atoms with Gasteiger partial charge in [-0.05, 0) is 43.2 Å². The summed E-state index contributed by atoms with van der Waals surface area (Å²) < 4.78 is 2.19. The lowest BCUT2D eigenvalue weighted by Gasteiger charge is -2.37. The predicted molar refractivity (Wildman–Crippen MR) is 124 cm³/mol. The third-order valence-electron chi connectivity index (χ3n) is 7.34. The Bertz CT molecular complexity index is 1250. The first-order valence-corrected chi connectivity index (χ1v) is 11.3. The van der Waals surface area contributed by atoms with Crippen LogP contribution in [0.2, 0.25) is 0 Å². The number of amides is 2. The molecule has 3 aromatic rings. The number of rotatable bonds is 4. The lowest BCUT2D eigenvalue weighted by atomic mass is 9.63. The van der Waals surface area contributed by atoms with Crippen molar-refractivity contribution in [3.05, 3.63) is 83.6 Å². The van der Waals surface area contributed by atoms with Gasteiger partial charge in [-0.1, -0.05) is 60.2 Å². The van der Waals surface area contributed by atoms with Gasteiger partial charge >= 0.3 is 0 Å². The molecule has 160 valence electrons. The molecule has 5 heteroatoms. The number of allylic oxidation sites excluding steroid dienone is 2. The van der Waals surface area contributed by atoms with Crippen molar-refractivity contribution in [2.45, 2.75) is 26.3 Å². The maximum absolute atomic E-state index is 13.1. The molecular formula is C27H25N3O2. The molecule has 32 heavy (non-hydrogen) atoms. The van der Waals surface area contributed by atoms with Crippen molar-refractivity contribution in [2.24, 2.45) is 28.8 Å². The third kappa shape index (κ3) is 2.95. The Morgan fingerprint density at radius 2 is 1.59 bits per heavy atom. The van der Waals surface area contributed by atoms with Crippen molar-refractivity contribution in [1.29, 1.82) is 0 Å². The number of hydrazone groups is 1. The highest BCUT2D eigenvalue weighted by molar-refractivity contribution is 6.07. The number of para-hydroxylation sites is 1. The predicted octanol–water partition coefficient (Wildman–Crippen LogP) is 4.53. The standard InChI is InChI=1S/C27H25N3O2/c1-17-6-8-18(9-7-17)15-29-16-21(22-4-2-3-5-23(22)29)14-28-30-26(31)24-19-10-11-20(13-12-19)25(24)27(30)32/h2-11,14,16,19-20,24-25H,12-13,15H2,1H3. The van der Waals surface area contributed by atoms with Gasteiger partial charge in [-0.3, -0.25) is 9.59 Å². The van der Waals surface area contributed by atoms with E-state index < -0.39 is 0 Å². The zero-order chi connectivity index (χ0) is 21.8. The van der Waals surface area contributed by atoms with Gasteiger partial charge < -0.3 is 4.57 Å². The molecule has 4 aliphatic rings. The summed E-state index contributed by atoms with van der Waals surface area (Å²) in [5.41, 5.74) is 4.47. The van der Waals surface area contributed by atoms with Gasteiger partial charge in [-0.2, -0.15) is 10.1 Å². The number of imide groups is 1. The average Bonchev–Trinajstić information content (AvgIpc) is 3.31. The van der Waals surface area contributed by atoms with Crippen molar-refractivity contribution in [3.8, 4) is 0 Å². The largest absolute Gasteiger partial charge is 0.342 e. The Labute approximate surface area is 187 Å². The number of nitrogens with zero attached hydrogens (tertiary/aromatic N) is 3. The molecule has 0 radical (unpaired) electrons. The fraction of sp³-hybridized carbons (Fsp3) is 0.296. The van der Waals surface area contributed by atoms with Gasteiger partial charge in [0.2, 0.25) is 0 Å². The summed E-state index contributed by atoms with van der Waals surface area (Å²) in [6.07, 6.45) is 9.98. The van der Waals surface area contributed by atoms with Crippen molar-refractivity contribution < 1.29 is 9.59 Å². The van der Waals surface area contributed by atoms with Gasteiger partial charge in [0.15, 0.2) is 0 Å². The molecule has 4 atom stereocenters. The maximum Gasteiger partial charge on any atom is 0.254 e. The molecule has 2 heterocycles. The number of carbonyl (C=O) groups excluding carboxylic acids is 2. The van der Waals surface area contributed by atoms with Crippen molar-refractivity contribution in [3.63, 3.8) is 0 Å². The van der Waals surface area contributed by atoms with E-state index >= 15 is 0 Å². The van der Waals surface area contributed by atoms with Crippen LogP contribution < -0.4 is 0 Å². The van der Waals surface area contributed by atoms with E-state index in [4.69, 9.17) is 0 Å². The molecule has 2 aromatic carbocycles. The molecule has 1 aromatic heterocycles. The average molecular weight is 424 g/mol. The van der Waals surface area contributed by atoms with Crippen molar-refractivity contribution in [1.82, 2.24) is 9.58 Å². The number of hydrogen-bond donors (Lipinski definition) is 0. The number of aromatic nitrogens is 1. The van der Waals surface area contributed by atoms with Gasteiger partial charge in [0.05, 0.1) is 18.1 Å². The topological polar surface area (TPSA) is 54.7 Å². The van der Waals surface area contributed by atoms with Gasteiger partial charge in [-0.25, -0.2) is 0 Å². The second-order valence-electron chi connectivity index (χ2n) is 9.29. The number of benzene rings is 2. The fourth-order valence-electron chi connectivity index (χ4n) is 5.69. The van der Waals surface area contributed by atoms with E-state index in [1.165, 1.54) is 11.1 Å². The molecule has 0 spiro atoms. The van der Waals surface area contributed by atoms with E-state index in [0.29, 0.717) is 0 Å². The SMILES string of the molecule is Cc1ccc(Cn2cc(C=NN3C(=O)C4C5C=CC(CC5)C4C3=O)c3ccccc32)cc1. The zero-order valence-electron chi connectivity index (χ0n) is 18.0. The summed E-state index contributed by atoms with van der Waals surface area (Å²) in [5.74, 6) is -0.383. The quantitative estimate of drug-likeness (QED) is 0.352. The molecule has 2 bridgehead atoms. The summed E-state index contributed by atoms with van der Waals surface area (Å²) >= 11 is 0. The highest BCUT2D eigenvalue weighted by atomic mass is 16.2. The summed E-state index contributed by atoms with van der Waals surface area (Å²) in [5, 5.41) is 6.62. The summed E-state index contributed by atoms with van der Waals surface area (Å²) in [7, 11) is 0. The maximum atomic E-state index is 13.1. The Morgan fingerprint density at radius 1 is 0.938 bits per heavy atom. The second kappa shape index (κ2) is 7.30. The van der Waals surface area contributed by atoms with Crippen LogP contribution in [0.5, 0.6) is 0 Å². The van der Waals surface area contributed by atoms with Gasteiger partial charge in [0, 0.05) is 29.2 Å². The molecule has 1 aliphatic heterocycles. The van der Waals surface area contributed by atoms with E-state index in [9.17, 15) is 9.59 Å². The molecule has 7 rings (SSSR count). The highest BCUT2D eigenvalue weighted by Crippen LogP contribution is 2.49. The lowest BCUT2D eigenvalue weighted by molar-refractivity contribution is -0.140. The number of fused-ring (bicyclic) bond motifs is 2. The number of carbonyl (C=O) groups is 2. The minimum atomic E-state index is -0.230. The number of aryl methyl sites for hydroxylation is 1. The molecule has 1 saturated carbocycles. The lowest BCUT2D eigenvalue weighted by Crippen LogP contribution is -2.38. The Hall–Kier alpha value is -3.47. The van der Waals surface area contributed by atoms with E-state index in [1.807, 2.05) is 12.1 Å². The molecule has 4 unspecified atom stereocenters. The Morgan fingerprint density at radius 3 is 2.25 bits per heavy atom. The summed E-state index contributed by atoms with van der Waals surface area (Å²) in [6.45, 7) is 2.83.